The van der Waals surface area contributed by atoms with Crippen molar-refractivity contribution in [2.24, 2.45) is 5.92 Å². The van der Waals surface area contributed by atoms with Gasteiger partial charge in [0.2, 0.25) is 5.91 Å². The van der Waals surface area contributed by atoms with Crippen molar-refractivity contribution in [3.05, 3.63) is 64.4 Å². The topological polar surface area (TPSA) is 55.4 Å². The van der Waals surface area contributed by atoms with Crippen molar-refractivity contribution in [2.45, 2.75) is 64.7 Å². The van der Waals surface area contributed by atoms with Crippen LogP contribution in [-0.2, 0) is 14.3 Å². The van der Waals surface area contributed by atoms with Gasteiger partial charge >= 0.3 is 12.1 Å². The molecule has 1 unspecified atom stereocenters. The average Bonchev–Trinajstić information content (AvgIpc) is 2.69. The lowest BCUT2D eigenvalue weighted by Gasteiger charge is -2.26. The fourth-order valence-electron chi connectivity index (χ4n) is 3.43. The highest BCUT2D eigenvalue weighted by Crippen LogP contribution is 2.38. The molecule has 4 nitrogen and oxygen atoms in total. The Balaban J connectivity index is 2.30. The van der Waals surface area contributed by atoms with E-state index in [9.17, 15) is 27.2 Å². The number of amides is 1. The van der Waals surface area contributed by atoms with E-state index in [-0.39, 0.29) is 23.6 Å². The van der Waals surface area contributed by atoms with Crippen LogP contribution in [-0.4, -0.2) is 23.7 Å². The lowest BCUT2D eigenvalue weighted by molar-refractivity contribution is -0.178. The Morgan fingerprint density at radius 3 is 2.09 bits per heavy atom. The number of ether oxygens (including phenoxy) is 1. The van der Waals surface area contributed by atoms with E-state index in [4.69, 9.17) is 16.3 Å². The molecule has 186 valence electrons. The number of hydrogen-bond donors (Lipinski definition) is 1. The maximum Gasteiger partial charge on any atom is 0.392 e. The summed E-state index contributed by atoms with van der Waals surface area (Å²) in [5.41, 5.74) is -0.312. The standard InChI is InChI=1S/C25H28ClF4NO3/c1-14(12-21(32)34-24(3,4)5)17-8-11-19(27)20(13-17)31-23(33)22(15(2)25(28,29)30)16-6-9-18(26)10-7-16/h6-11,13-15,22H,12H2,1-5H3,(H,31,33)/t14?,15-,22+/m1/s1. The Kier molecular flexibility index (Phi) is 8.75. The Labute approximate surface area is 201 Å². The van der Waals surface area contributed by atoms with Gasteiger partial charge in [-0.25, -0.2) is 4.39 Å². The van der Waals surface area contributed by atoms with Gasteiger partial charge in [0, 0.05) is 5.02 Å². The number of hydrogen-bond acceptors (Lipinski definition) is 3. The molecule has 2 aromatic carbocycles. The molecule has 0 radical (unpaired) electrons. The number of esters is 1. The predicted molar refractivity (Wildman–Crippen MR) is 123 cm³/mol. The molecule has 0 saturated heterocycles. The molecule has 34 heavy (non-hydrogen) atoms. The SMILES string of the molecule is CC(CC(=O)OC(C)(C)C)c1ccc(F)c(NC(=O)[C@H](c2ccc(Cl)cc2)[C@@H](C)C(F)(F)F)c1. The van der Waals surface area contributed by atoms with Crippen molar-refractivity contribution in [1.29, 1.82) is 0 Å². The lowest BCUT2D eigenvalue weighted by Crippen LogP contribution is -2.34. The average molecular weight is 502 g/mol. The Hall–Kier alpha value is -2.61. The van der Waals surface area contributed by atoms with Gasteiger partial charge in [-0.3, -0.25) is 9.59 Å². The molecule has 0 spiro atoms. The van der Waals surface area contributed by atoms with Crippen LogP contribution in [0.2, 0.25) is 5.02 Å². The van der Waals surface area contributed by atoms with Gasteiger partial charge in [-0.05, 0) is 62.1 Å². The van der Waals surface area contributed by atoms with E-state index in [0.717, 1.165) is 13.0 Å². The molecule has 9 heteroatoms. The van der Waals surface area contributed by atoms with Gasteiger partial charge in [0.25, 0.3) is 0 Å². The number of anilines is 1. The molecule has 0 bridgehead atoms. The van der Waals surface area contributed by atoms with Crippen LogP contribution < -0.4 is 5.32 Å². The molecular formula is C25H28ClF4NO3. The van der Waals surface area contributed by atoms with E-state index < -0.39 is 41.3 Å². The molecule has 0 aromatic heterocycles. The van der Waals surface area contributed by atoms with Crippen LogP contribution in [0.25, 0.3) is 0 Å². The first-order valence-corrected chi connectivity index (χ1v) is 11.1. The van der Waals surface area contributed by atoms with Gasteiger partial charge in [-0.2, -0.15) is 13.2 Å². The summed E-state index contributed by atoms with van der Waals surface area (Å²) >= 11 is 5.83. The second kappa shape index (κ2) is 10.8. The quantitative estimate of drug-likeness (QED) is 0.321. The van der Waals surface area contributed by atoms with Crippen LogP contribution in [0.3, 0.4) is 0 Å². The highest BCUT2D eigenvalue weighted by molar-refractivity contribution is 6.30. The van der Waals surface area contributed by atoms with E-state index in [1.54, 1.807) is 27.7 Å². The monoisotopic (exact) mass is 501 g/mol. The fraction of sp³-hybridized carbons (Fsp3) is 0.440. The Morgan fingerprint density at radius 1 is 1.00 bits per heavy atom. The molecule has 0 aliphatic carbocycles. The van der Waals surface area contributed by atoms with Crippen molar-refractivity contribution >= 4 is 29.2 Å². The van der Waals surface area contributed by atoms with Gasteiger partial charge in [0.05, 0.1) is 23.9 Å². The maximum atomic E-state index is 14.5. The molecule has 2 aromatic rings. The first-order valence-electron chi connectivity index (χ1n) is 10.7. The molecule has 1 amide bonds. The van der Waals surface area contributed by atoms with E-state index in [1.807, 2.05) is 0 Å². The second-order valence-corrected chi connectivity index (χ2v) is 9.72. The van der Waals surface area contributed by atoms with Crippen LogP contribution in [0.15, 0.2) is 42.5 Å². The summed E-state index contributed by atoms with van der Waals surface area (Å²) in [6.45, 7) is 7.83. The first kappa shape index (κ1) is 27.6. The summed E-state index contributed by atoms with van der Waals surface area (Å²) in [6, 6.07) is 9.32. The minimum Gasteiger partial charge on any atom is -0.460 e. The van der Waals surface area contributed by atoms with Gasteiger partial charge in [0.15, 0.2) is 0 Å². The minimum absolute atomic E-state index is 0.00873. The van der Waals surface area contributed by atoms with Crippen LogP contribution in [0.4, 0.5) is 23.2 Å². The Bertz CT molecular complexity index is 1020. The van der Waals surface area contributed by atoms with Crippen LogP contribution in [0.5, 0.6) is 0 Å². The van der Waals surface area contributed by atoms with Crippen molar-refractivity contribution in [3.63, 3.8) is 0 Å². The van der Waals surface area contributed by atoms with E-state index in [2.05, 4.69) is 5.32 Å². The molecule has 0 heterocycles. The summed E-state index contributed by atoms with van der Waals surface area (Å²) in [7, 11) is 0. The smallest absolute Gasteiger partial charge is 0.392 e. The summed E-state index contributed by atoms with van der Waals surface area (Å²) in [6.07, 6.45) is -4.65. The highest BCUT2D eigenvalue weighted by Gasteiger charge is 2.45. The van der Waals surface area contributed by atoms with Crippen LogP contribution in [0, 0.1) is 11.7 Å². The molecule has 0 fully saturated rings. The third-order valence-electron chi connectivity index (χ3n) is 5.24. The lowest BCUT2D eigenvalue weighted by atomic mass is 9.85. The number of benzene rings is 2. The number of carbonyl (C=O) groups excluding carboxylic acids is 2. The third kappa shape index (κ3) is 7.72. The molecule has 0 aliphatic heterocycles. The van der Waals surface area contributed by atoms with Crippen LogP contribution >= 0.6 is 11.6 Å². The normalized spacial score (nSPS) is 14.8. The fourth-order valence-corrected chi connectivity index (χ4v) is 3.56. The summed E-state index contributed by atoms with van der Waals surface area (Å²) in [4.78, 5) is 25.1. The summed E-state index contributed by atoms with van der Waals surface area (Å²) in [5.74, 6) is -6.31. The number of alkyl halides is 3. The van der Waals surface area contributed by atoms with Crippen LogP contribution in [0.1, 0.15) is 64.0 Å². The van der Waals surface area contributed by atoms with Crippen molar-refractivity contribution in [3.8, 4) is 0 Å². The molecule has 1 N–H and O–H groups in total. The molecule has 0 aliphatic rings. The number of nitrogens with one attached hydrogen (secondary N) is 1. The third-order valence-corrected chi connectivity index (χ3v) is 5.49. The summed E-state index contributed by atoms with van der Waals surface area (Å²) in [5, 5.41) is 2.61. The minimum atomic E-state index is -4.66. The highest BCUT2D eigenvalue weighted by atomic mass is 35.5. The number of carbonyl (C=O) groups is 2. The Morgan fingerprint density at radius 2 is 1.56 bits per heavy atom. The number of rotatable bonds is 7. The van der Waals surface area contributed by atoms with Gasteiger partial charge < -0.3 is 10.1 Å². The van der Waals surface area contributed by atoms with E-state index >= 15 is 0 Å². The van der Waals surface area contributed by atoms with Crippen molar-refractivity contribution in [2.75, 3.05) is 5.32 Å². The second-order valence-electron chi connectivity index (χ2n) is 9.28. The molecular weight excluding hydrogens is 474 g/mol. The van der Waals surface area contributed by atoms with Crippen molar-refractivity contribution in [1.82, 2.24) is 0 Å². The summed E-state index contributed by atoms with van der Waals surface area (Å²) < 4.78 is 60.4. The number of halogens is 5. The predicted octanol–water partition coefficient (Wildman–Crippen LogP) is 7.24. The zero-order valence-corrected chi connectivity index (χ0v) is 20.4. The van der Waals surface area contributed by atoms with E-state index in [1.165, 1.54) is 36.4 Å². The van der Waals surface area contributed by atoms with Gasteiger partial charge in [-0.15, -0.1) is 0 Å². The first-order chi connectivity index (χ1) is 15.6. The van der Waals surface area contributed by atoms with Crippen molar-refractivity contribution < 1.29 is 31.9 Å². The van der Waals surface area contributed by atoms with E-state index in [0.29, 0.717) is 10.6 Å². The van der Waals surface area contributed by atoms with Gasteiger partial charge in [-0.1, -0.05) is 43.6 Å². The zero-order valence-electron chi connectivity index (χ0n) is 19.6. The zero-order chi connectivity index (χ0) is 25.8. The molecule has 3 atom stereocenters. The molecule has 0 saturated carbocycles. The maximum absolute atomic E-state index is 14.5. The van der Waals surface area contributed by atoms with Gasteiger partial charge in [0.1, 0.15) is 11.4 Å². The molecule has 2 rings (SSSR count). The largest absolute Gasteiger partial charge is 0.460 e.